The van der Waals surface area contributed by atoms with Crippen molar-refractivity contribution in [2.45, 2.75) is 38.1 Å². The number of carbonyl (C=O) groups is 1. The summed E-state index contributed by atoms with van der Waals surface area (Å²) in [6.07, 6.45) is 4.90. The van der Waals surface area contributed by atoms with Crippen LogP contribution in [0.2, 0.25) is 0 Å². The fourth-order valence-corrected chi connectivity index (χ4v) is 3.84. The Morgan fingerprint density at radius 3 is 2.45 bits per heavy atom. The smallest absolute Gasteiger partial charge is 0.231 e. The third-order valence-electron chi connectivity index (χ3n) is 5.48. The van der Waals surface area contributed by atoms with Crippen LogP contribution in [-0.2, 0) is 4.79 Å². The molecule has 0 bridgehead atoms. The number of carbonyl (C=O) groups excluding carboxylic acids is 1. The first-order valence-corrected chi connectivity index (χ1v) is 8.26. The van der Waals surface area contributed by atoms with Crippen LogP contribution >= 0.6 is 0 Å². The highest BCUT2D eigenvalue weighted by molar-refractivity contribution is 6.05. The van der Waals surface area contributed by atoms with Gasteiger partial charge in [-0.2, -0.15) is 0 Å². The maximum absolute atomic E-state index is 12.5. The molecule has 2 aliphatic carbocycles. The number of hydrogen-bond acceptors (Lipinski definition) is 2. The zero-order chi connectivity index (χ0) is 15.7. The molecule has 0 heterocycles. The molecule has 0 unspecified atom stereocenters. The minimum Gasteiger partial charge on any atom is -0.353 e. The molecule has 3 rings (SSSR count). The van der Waals surface area contributed by atoms with Crippen molar-refractivity contribution in [3.05, 3.63) is 41.5 Å². The third kappa shape index (κ3) is 2.70. The highest BCUT2D eigenvalue weighted by Crippen LogP contribution is 2.46. The van der Waals surface area contributed by atoms with Gasteiger partial charge in [0.15, 0.2) is 0 Å². The summed E-state index contributed by atoms with van der Waals surface area (Å²) in [5, 5.41) is 3.22. The van der Waals surface area contributed by atoms with E-state index in [2.05, 4.69) is 43.4 Å². The second-order valence-corrected chi connectivity index (χ2v) is 6.94. The number of benzene rings is 1. The van der Waals surface area contributed by atoms with E-state index in [4.69, 9.17) is 0 Å². The molecule has 1 atom stereocenters. The van der Waals surface area contributed by atoms with Crippen molar-refractivity contribution in [2.75, 3.05) is 20.6 Å². The van der Waals surface area contributed by atoms with Crippen molar-refractivity contribution in [2.24, 2.45) is 5.92 Å². The zero-order valence-electron chi connectivity index (χ0n) is 13.9. The summed E-state index contributed by atoms with van der Waals surface area (Å²) in [5.41, 5.74) is 3.77. The number of rotatable bonds is 5. The van der Waals surface area contributed by atoms with Gasteiger partial charge in [-0.3, -0.25) is 4.79 Å². The summed E-state index contributed by atoms with van der Waals surface area (Å²) in [6.45, 7) is 2.84. The zero-order valence-corrected chi connectivity index (χ0v) is 13.9. The van der Waals surface area contributed by atoms with Gasteiger partial charge in [0.2, 0.25) is 5.91 Å². The van der Waals surface area contributed by atoms with Crippen molar-refractivity contribution < 1.29 is 4.79 Å². The van der Waals surface area contributed by atoms with Crippen LogP contribution < -0.4 is 5.32 Å². The lowest BCUT2D eigenvalue weighted by molar-refractivity contribution is -0.122. The van der Waals surface area contributed by atoms with E-state index < -0.39 is 0 Å². The van der Waals surface area contributed by atoms with Crippen LogP contribution in [0.5, 0.6) is 0 Å². The highest BCUT2D eigenvalue weighted by atomic mass is 16.2. The number of nitrogens with zero attached hydrogens (tertiary/aromatic N) is 1. The van der Waals surface area contributed by atoms with Crippen LogP contribution in [-0.4, -0.2) is 37.0 Å². The number of amides is 1. The standard InChI is InChI=1S/C19H26N2O/c1-14-16(15-9-5-4-6-10-15)17(14)18(22)20-13-19(21(2)3)11-7-8-12-19/h4-6,9-10,17H,7-8,11-13H2,1-3H3,(H,20,22)/t17-/m0/s1. The van der Waals surface area contributed by atoms with Gasteiger partial charge >= 0.3 is 0 Å². The van der Waals surface area contributed by atoms with Crippen LogP contribution in [0.1, 0.15) is 38.2 Å². The molecule has 3 nitrogen and oxygen atoms in total. The van der Waals surface area contributed by atoms with Gasteiger partial charge in [-0.25, -0.2) is 0 Å². The Kier molecular flexibility index (Phi) is 4.09. The molecule has 2 aliphatic rings. The van der Waals surface area contributed by atoms with Gasteiger partial charge in [-0.05, 0) is 45.0 Å². The largest absolute Gasteiger partial charge is 0.353 e. The Bertz CT molecular complexity index is 583. The van der Waals surface area contributed by atoms with Crippen LogP contribution in [0.4, 0.5) is 0 Å². The van der Waals surface area contributed by atoms with Crippen LogP contribution in [0, 0.1) is 5.92 Å². The van der Waals surface area contributed by atoms with E-state index >= 15 is 0 Å². The second-order valence-electron chi connectivity index (χ2n) is 6.94. The first-order valence-electron chi connectivity index (χ1n) is 8.26. The number of nitrogens with one attached hydrogen (secondary N) is 1. The maximum Gasteiger partial charge on any atom is 0.231 e. The molecule has 22 heavy (non-hydrogen) atoms. The highest BCUT2D eigenvalue weighted by Gasteiger charge is 2.42. The molecule has 0 spiro atoms. The summed E-state index contributed by atoms with van der Waals surface area (Å²) >= 11 is 0. The average Bonchev–Trinajstić information content (AvgIpc) is 2.97. The monoisotopic (exact) mass is 298 g/mol. The van der Waals surface area contributed by atoms with E-state index in [0.29, 0.717) is 0 Å². The molecular weight excluding hydrogens is 272 g/mol. The quantitative estimate of drug-likeness (QED) is 0.906. The lowest BCUT2D eigenvalue weighted by atomic mass is 9.96. The van der Waals surface area contributed by atoms with Gasteiger partial charge < -0.3 is 10.2 Å². The van der Waals surface area contributed by atoms with Crippen molar-refractivity contribution in [1.82, 2.24) is 10.2 Å². The summed E-state index contributed by atoms with van der Waals surface area (Å²) in [5.74, 6) is 0.160. The lowest BCUT2D eigenvalue weighted by Gasteiger charge is -2.36. The molecule has 0 aromatic heterocycles. The molecular formula is C19H26N2O. The Morgan fingerprint density at radius 1 is 1.23 bits per heavy atom. The van der Waals surface area contributed by atoms with E-state index in [0.717, 1.165) is 6.54 Å². The van der Waals surface area contributed by atoms with E-state index in [-0.39, 0.29) is 17.4 Å². The molecule has 118 valence electrons. The predicted molar refractivity (Wildman–Crippen MR) is 90.4 cm³/mol. The lowest BCUT2D eigenvalue weighted by Crippen LogP contribution is -2.51. The van der Waals surface area contributed by atoms with E-state index in [1.807, 2.05) is 18.2 Å². The van der Waals surface area contributed by atoms with Gasteiger partial charge in [0.05, 0.1) is 5.92 Å². The van der Waals surface area contributed by atoms with Gasteiger partial charge in [0, 0.05) is 12.1 Å². The Balaban J connectivity index is 1.60. The Labute approximate surface area is 133 Å². The molecule has 0 saturated heterocycles. The number of likely N-dealkylation sites (N-methyl/N-ethyl adjacent to an activating group) is 1. The molecule has 1 fully saturated rings. The van der Waals surface area contributed by atoms with E-state index in [1.54, 1.807) is 0 Å². The van der Waals surface area contributed by atoms with Crippen LogP contribution in [0.25, 0.3) is 5.57 Å². The molecule has 1 aromatic rings. The second kappa shape index (κ2) is 5.88. The summed E-state index contributed by atoms with van der Waals surface area (Å²) in [6, 6.07) is 10.2. The number of hydrogen-bond donors (Lipinski definition) is 1. The Morgan fingerprint density at radius 2 is 1.86 bits per heavy atom. The Hall–Kier alpha value is -1.61. The molecule has 1 aromatic carbocycles. The molecule has 1 amide bonds. The first-order chi connectivity index (χ1) is 10.6. The van der Waals surface area contributed by atoms with Gasteiger partial charge in [-0.1, -0.05) is 48.7 Å². The predicted octanol–water partition coefficient (Wildman–Crippen LogP) is 3.08. The van der Waals surface area contributed by atoms with Crippen molar-refractivity contribution >= 4 is 11.5 Å². The van der Waals surface area contributed by atoms with Crippen molar-refractivity contribution in [3.63, 3.8) is 0 Å². The molecule has 0 radical (unpaired) electrons. The molecule has 0 aliphatic heterocycles. The maximum atomic E-state index is 12.5. The van der Waals surface area contributed by atoms with Gasteiger partial charge in [0.1, 0.15) is 0 Å². The van der Waals surface area contributed by atoms with Crippen molar-refractivity contribution in [3.8, 4) is 0 Å². The van der Waals surface area contributed by atoms with Gasteiger partial charge in [-0.15, -0.1) is 0 Å². The normalized spacial score (nSPS) is 23.0. The molecule has 3 heteroatoms. The van der Waals surface area contributed by atoms with E-state index in [9.17, 15) is 4.79 Å². The summed E-state index contributed by atoms with van der Waals surface area (Å²) < 4.78 is 0. The van der Waals surface area contributed by atoms with Crippen molar-refractivity contribution in [1.29, 1.82) is 0 Å². The van der Waals surface area contributed by atoms with Gasteiger partial charge in [0.25, 0.3) is 0 Å². The first kappa shape index (κ1) is 15.3. The fourth-order valence-electron chi connectivity index (χ4n) is 3.84. The minimum absolute atomic E-state index is 0.0111. The van der Waals surface area contributed by atoms with Crippen LogP contribution in [0.15, 0.2) is 35.9 Å². The fraction of sp³-hybridized carbons (Fsp3) is 0.526. The molecule has 1 N–H and O–H groups in total. The SMILES string of the molecule is CC1=C(c2ccccc2)[C@H]1C(=O)NCC1(N(C)C)CCCC1. The third-order valence-corrected chi connectivity index (χ3v) is 5.48. The summed E-state index contributed by atoms with van der Waals surface area (Å²) in [7, 11) is 4.26. The molecule has 1 saturated carbocycles. The summed E-state index contributed by atoms with van der Waals surface area (Å²) in [4.78, 5) is 14.8. The van der Waals surface area contributed by atoms with E-state index in [1.165, 1.54) is 42.4 Å². The minimum atomic E-state index is -0.0111. The topological polar surface area (TPSA) is 32.3 Å². The van der Waals surface area contributed by atoms with Crippen LogP contribution in [0.3, 0.4) is 0 Å². The average molecular weight is 298 g/mol.